The summed E-state index contributed by atoms with van der Waals surface area (Å²) in [6.07, 6.45) is 3.27. The van der Waals surface area contributed by atoms with Crippen LogP contribution in [0.2, 0.25) is 0 Å². The van der Waals surface area contributed by atoms with Crippen molar-refractivity contribution in [1.29, 1.82) is 0 Å². The van der Waals surface area contributed by atoms with Gasteiger partial charge < -0.3 is 9.64 Å². The molecule has 0 unspecified atom stereocenters. The number of hydrogen-bond acceptors (Lipinski definition) is 5. The first-order valence-corrected chi connectivity index (χ1v) is 6.35. The third-order valence-corrected chi connectivity index (χ3v) is 2.90. The van der Waals surface area contributed by atoms with Gasteiger partial charge in [0.1, 0.15) is 5.69 Å². The number of rotatable bonds is 7. The zero-order valence-corrected chi connectivity index (χ0v) is 11.7. The van der Waals surface area contributed by atoms with E-state index < -0.39 is 0 Å². The Morgan fingerprint density at radius 3 is 2.63 bits per heavy atom. The van der Waals surface area contributed by atoms with E-state index in [4.69, 9.17) is 0 Å². The Bertz CT molecular complexity index is 429. The number of aromatic nitrogens is 1. The maximum atomic E-state index is 11.4. The van der Waals surface area contributed by atoms with Crippen LogP contribution in [0, 0.1) is 0 Å². The van der Waals surface area contributed by atoms with E-state index in [9.17, 15) is 9.59 Å². The molecule has 1 aromatic rings. The van der Waals surface area contributed by atoms with E-state index in [0.717, 1.165) is 18.7 Å². The lowest BCUT2D eigenvalue weighted by atomic mass is 10.2. The quantitative estimate of drug-likeness (QED) is 0.557. The van der Waals surface area contributed by atoms with Crippen molar-refractivity contribution < 1.29 is 14.3 Å². The lowest BCUT2D eigenvalue weighted by Crippen LogP contribution is -2.20. The van der Waals surface area contributed by atoms with Gasteiger partial charge in [0.2, 0.25) is 0 Å². The number of Topliss-reactive ketones (excluding diaryl/α,β-unsaturated/α-hetero) is 1. The van der Waals surface area contributed by atoms with E-state index in [0.29, 0.717) is 18.5 Å². The van der Waals surface area contributed by atoms with Gasteiger partial charge in [0, 0.05) is 26.4 Å². The molecular weight excluding hydrogens is 244 g/mol. The maximum Gasteiger partial charge on any atom is 0.305 e. The fourth-order valence-electron chi connectivity index (χ4n) is 1.65. The number of nitrogens with zero attached hydrogens (tertiary/aromatic N) is 2. The van der Waals surface area contributed by atoms with Gasteiger partial charge >= 0.3 is 5.97 Å². The highest BCUT2D eigenvalue weighted by molar-refractivity contribution is 5.94. The first-order valence-electron chi connectivity index (χ1n) is 6.35. The van der Waals surface area contributed by atoms with E-state index in [1.807, 2.05) is 24.9 Å². The Kier molecular flexibility index (Phi) is 5.99. The molecule has 0 aliphatic carbocycles. The zero-order valence-electron chi connectivity index (χ0n) is 11.7. The monoisotopic (exact) mass is 264 g/mol. The van der Waals surface area contributed by atoms with E-state index in [1.54, 1.807) is 12.3 Å². The molecule has 1 rings (SSSR count). The van der Waals surface area contributed by atoms with E-state index in [1.165, 1.54) is 7.11 Å². The Hall–Kier alpha value is -1.91. The summed E-state index contributed by atoms with van der Waals surface area (Å²) in [6, 6.07) is 3.60. The SMILES string of the molecule is CCC(=O)c1ccc(N(C)CCCC(=O)OC)cn1. The third kappa shape index (κ3) is 4.69. The number of methoxy groups -OCH3 is 1. The molecule has 0 atom stereocenters. The smallest absolute Gasteiger partial charge is 0.305 e. The molecule has 0 bridgehead atoms. The van der Waals surface area contributed by atoms with Crippen molar-refractivity contribution in [3.63, 3.8) is 0 Å². The van der Waals surface area contributed by atoms with Crippen LogP contribution < -0.4 is 4.90 Å². The van der Waals surface area contributed by atoms with Crippen molar-refractivity contribution in [3.05, 3.63) is 24.0 Å². The van der Waals surface area contributed by atoms with Gasteiger partial charge in [-0.1, -0.05) is 6.92 Å². The van der Waals surface area contributed by atoms with E-state index in [-0.39, 0.29) is 11.8 Å². The van der Waals surface area contributed by atoms with Crippen LogP contribution in [0.15, 0.2) is 18.3 Å². The van der Waals surface area contributed by atoms with Gasteiger partial charge in [0.25, 0.3) is 0 Å². The molecule has 0 radical (unpaired) electrons. The molecule has 5 heteroatoms. The summed E-state index contributed by atoms with van der Waals surface area (Å²) in [5.74, 6) is -0.157. The Labute approximate surface area is 113 Å². The van der Waals surface area contributed by atoms with Crippen LogP contribution in [0.4, 0.5) is 5.69 Å². The van der Waals surface area contributed by atoms with Crippen LogP contribution in [-0.2, 0) is 9.53 Å². The van der Waals surface area contributed by atoms with Gasteiger partial charge in [-0.25, -0.2) is 0 Å². The van der Waals surface area contributed by atoms with Gasteiger partial charge in [-0.15, -0.1) is 0 Å². The van der Waals surface area contributed by atoms with E-state index >= 15 is 0 Å². The minimum atomic E-state index is -0.199. The molecule has 0 fully saturated rings. The van der Waals surface area contributed by atoms with Crippen LogP contribution >= 0.6 is 0 Å². The fourth-order valence-corrected chi connectivity index (χ4v) is 1.65. The van der Waals surface area contributed by atoms with Crippen molar-refractivity contribution in [2.24, 2.45) is 0 Å². The van der Waals surface area contributed by atoms with Crippen molar-refractivity contribution >= 4 is 17.4 Å². The standard InChI is InChI=1S/C14H20N2O3/c1-4-13(17)12-8-7-11(10-15-12)16(2)9-5-6-14(18)19-3/h7-8,10H,4-6,9H2,1-3H3. The topological polar surface area (TPSA) is 59.5 Å². The summed E-state index contributed by atoms with van der Waals surface area (Å²) < 4.78 is 4.58. The van der Waals surface area contributed by atoms with Gasteiger partial charge in [0.05, 0.1) is 19.0 Å². The summed E-state index contributed by atoms with van der Waals surface area (Å²) in [5, 5.41) is 0. The molecule has 0 saturated heterocycles. The summed E-state index contributed by atoms with van der Waals surface area (Å²) in [6.45, 7) is 2.55. The van der Waals surface area contributed by atoms with Crippen molar-refractivity contribution in [2.75, 3.05) is 25.6 Å². The summed E-state index contributed by atoms with van der Waals surface area (Å²) in [5.41, 5.74) is 1.42. The van der Waals surface area contributed by atoms with Crippen LogP contribution in [0.1, 0.15) is 36.7 Å². The minimum Gasteiger partial charge on any atom is -0.469 e. The molecule has 0 aliphatic heterocycles. The van der Waals surface area contributed by atoms with Crippen molar-refractivity contribution in [1.82, 2.24) is 4.98 Å². The second kappa shape index (κ2) is 7.51. The average molecular weight is 264 g/mol. The Balaban J connectivity index is 2.51. The van der Waals surface area contributed by atoms with Crippen LogP contribution in [0.5, 0.6) is 0 Å². The second-order valence-electron chi connectivity index (χ2n) is 4.28. The van der Waals surface area contributed by atoms with Gasteiger partial charge in [-0.3, -0.25) is 14.6 Å². The molecular formula is C14H20N2O3. The molecule has 104 valence electrons. The minimum absolute atomic E-state index is 0.0416. The largest absolute Gasteiger partial charge is 0.469 e. The Morgan fingerprint density at radius 1 is 1.37 bits per heavy atom. The number of carbonyl (C=O) groups excluding carboxylic acids is 2. The predicted octanol–water partition coefficient (Wildman–Crippen LogP) is 2.06. The highest BCUT2D eigenvalue weighted by atomic mass is 16.5. The summed E-state index contributed by atoms with van der Waals surface area (Å²) >= 11 is 0. The zero-order chi connectivity index (χ0) is 14.3. The molecule has 0 spiro atoms. The number of anilines is 1. The fraction of sp³-hybridized carbons (Fsp3) is 0.500. The molecule has 0 amide bonds. The summed E-state index contributed by atoms with van der Waals surface area (Å²) in [4.78, 5) is 28.6. The normalized spacial score (nSPS) is 10.1. The molecule has 0 aliphatic rings. The molecule has 5 nitrogen and oxygen atoms in total. The highest BCUT2D eigenvalue weighted by Crippen LogP contribution is 2.13. The van der Waals surface area contributed by atoms with Crippen LogP contribution in [0.25, 0.3) is 0 Å². The van der Waals surface area contributed by atoms with Gasteiger partial charge in [-0.05, 0) is 18.6 Å². The first kappa shape index (κ1) is 15.1. The average Bonchev–Trinajstić information content (AvgIpc) is 2.46. The molecule has 1 heterocycles. The number of hydrogen-bond donors (Lipinski definition) is 0. The maximum absolute atomic E-state index is 11.4. The highest BCUT2D eigenvalue weighted by Gasteiger charge is 2.07. The molecule has 0 saturated carbocycles. The third-order valence-electron chi connectivity index (χ3n) is 2.90. The first-order chi connectivity index (χ1) is 9.08. The van der Waals surface area contributed by atoms with Crippen LogP contribution in [0.3, 0.4) is 0 Å². The molecule has 19 heavy (non-hydrogen) atoms. The number of esters is 1. The van der Waals surface area contributed by atoms with E-state index in [2.05, 4.69) is 9.72 Å². The van der Waals surface area contributed by atoms with Gasteiger partial charge in [-0.2, -0.15) is 0 Å². The lowest BCUT2D eigenvalue weighted by molar-refractivity contribution is -0.140. The van der Waals surface area contributed by atoms with Gasteiger partial charge in [0.15, 0.2) is 5.78 Å². The number of carbonyl (C=O) groups is 2. The molecule has 0 aromatic carbocycles. The van der Waals surface area contributed by atoms with Crippen molar-refractivity contribution in [2.45, 2.75) is 26.2 Å². The number of pyridine rings is 1. The van der Waals surface area contributed by atoms with Crippen LogP contribution in [-0.4, -0.2) is 37.4 Å². The molecule has 1 aromatic heterocycles. The number of ether oxygens (including phenoxy) is 1. The van der Waals surface area contributed by atoms with Crippen molar-refractivity contribution in [3.8, 4) is 0 Å². The molecule has 0 N–H and O–H groups in total. The Morgan fingerprint density at radius 2 is 2.11 bits per heavy atom. The summed E-state index contributed by atoms with van der Waals surface area (Å²) in [7, 11) is 3.31. The second-order valence-corrected chi connectivity index (χ2v) is 4.28. The number of ketones is 1. The predicted molar refractivity (Wildman–Crippen MR) is 73.4 cm³/mol. The lowest BCUT2D eigenvalue weighted by Gasteiger charge is -2.18.